The van der Waals surface area contributed by atoms with Gasteiger partial charge in [-0.25, -0.2) is 9.18 Å². The summed E-state index contributed by atoms with van der Waals surface area (Å²) in [5.41, 5.74) is 1.51. The van der Waals surface area contributed by atoms with Gasteiger partial charge in [0.15, 0.2) is 0 Å². The SMILES string of the molecule is Cc1ccc(F)cc1-c1nnc(NC(=O)NC2CCC(C(=O)O)CC2)s1. The highest BCUT2D eigenvalue weighted by molar-refractivity contribution is 7.18. The lowest BCUT2D eigenvalue weighted by Gasteiger charge is -2.26. The van der Waals surface area contributed by atoms with Crippen LogP contribution in [0.1, 0.15) is 31.2 Å². The van der Waals surface area contributed by atoms with E-state index in [0.717, 1.165) is 16.9 Å². The third kappa shape index (κ3) is 4.34. The maximum absolute atomic E-state index is 13.4. The fraction of sp³-hybridized carbons (Fsp3) is 0.412. The van der Waals surface area contributed by atoms with E-state index in [1.54, 1.807) is 6.07 Å². The van der Waals surface area contributed by atoms with E-state index >= 15 is 0 Å². The molecular weight excluding hydrogens is 359 g/mol. The number of aliphatic carboxylic acids is 1. The summed E-state index contributed by atoms with van der Waals surface area (Å²) >= 11 is 1.16. The minimum Gasteiger partial charge on any atom is -0.481 e. The number of aromatic nitrogens is 2. The van der Waals surface area contributed by atoms with E-state index in [2.05, 4.69) is 20.8 Å². The van der Waals surface area contributed by atoms with Crippen LogP contribution in [0.25, 0.3) is 10.6 Å². The molecule has 138 valence electrons. The molecule has 7 nitrogen and oxygen atoms in total. The van der Waals surface area contributed by atoms with Gasteiger partial charge in [0.2, 0.25) is 5.13 Å². The monoisotopic (exact) mass is 378 g/mol. The van der Waals surface area contributed by atoms with Crippen LogP contribution in [0.4, 0.5) is 14.3 Å². The van der Waals surface area contributed by atoms with Gasteiger partial charge in [0.25, 0.3) is 0 Å². The molecule has 0 spiro atoms. The van der Waals surface area contributed by atoms with E-state index in [1.807, 2.05) is 6.92 Å². The van der Waals surface area contributed by atoms with Crippen LogP contribution in [-0.2, 0) is 4.79 Å². The average Bonchev–Trinajstić information content (AvgIpc) is 3.05. The van der Waals surface area contributed by atoms with Crippen molar-refractivity contribution < 1.29 is 19.1 Å². The summed E-state index contributed by atoms with van der Waals surface area (Å²) in [5.74, 6) is -1.46. The number of carboxylic acids is 1. The van der Waals surface area contributed by atoms with Crippen LogP contribution >= 0.6 is 11.3 Å². The van der Waals surface area contributed by atoms with Crippen molar-refractivity contribution in [1.82, 2.24) is 15.5 Å². The quantitative estimate of drug-likeness (QED) is 0.756. The summed E-state index contributed by atoms with van der Waals surface area (Å²) in [6, 6.07) is 3.98. The normalized spacial score (nSPS) is 19.8. The highest BCUT2D eigenvalue weighted by Gasteiger charge is 2.26. The predicted molar refractivity (Wildman–Crippen MR) is 95.6 cm³/mol. The Kier molecular flexibility index (Phi) is 5.46. The van der Waals surface area contributed by atoms with E-state index in [4.69, 9.17) is 5.11 Å². The third-order valence-corrected chi connectivity index (χ3v) is 5.36. The third-order valence-electron chi connectivity index (χ3n) is 4.49. The van der Waals surface area contributed by atoms with Gasteiger partial charge in [0, 0.05) is 11.6 Å². The lowest BCUT2D eigenvalue weighted by molar-refractivity contribution is -0.142. The Labute approximate surface area is 153 Å². The predicted octanol–water partition coefficient (Wildman–Crippen LogP) is 3.42. The summed E-state index contributed by atoms with van der Waals surface area (Å²) in [5, 5.41) is 23.2. The molecule has 1 heterocycles. The molecule has 1 aromatic heterocycles. The van der Waals surface area contributed by atoms with Crippen LogP contribution in [0.5, 0.6) is 0 Å². The zero-order valence-corrected chi connectivity index (χ0v) is 15.0. The first kappa shape index (κ1) is 18.2. The maximum Gasteiger partial charge on any atom is 0.321 e. The first-order chi connectivity index (χ1) is 12.4. The highest BCUT2D eigenvalue weighted by atomic mass is 32.1. The Morgan fingerprint density at radius 2 is 1.96 bits per heavy atom. The van der Waals surface area contributed by atoms with Crippen LogP contribution in [0, 0.1) is 18.7 Å². The second-order valence-electron chi connectivity index (χ2n) is 6.36. The van der Waals surface area contributed by atoms with E-state index in [9.17, 15) is 14.0 Å². The number of anilines is 1. The molecule has 0 aliphatic heterocycles. The number of hydrogen-bond donors (Lipinski definition) is 3. The van der Waals surface area contributed by atoms with Crippen LogP contribution in [0.3, 0.4) is 0 Å². The average molecular weight is 378 g/mol. The largest absolute Gasteiger partial charge is 0.481 e. The summed E-state index contributed by atoms with van der Waals surface area (Å²) in [6.07, 6.45) is 2.38. The number of aryl methyl sites for hydroxylation is 1. The van der Waals surface area contributed by atoms with Crippen LogP contribution in [-0.4, -0.2) is 33.3 Å². The van der Waals surface area contributed by atoms with Crippen molar-refractivity contribution >= 4 is 28.5 Å². The van der Waals surface area contributed by atoms with Gasteiger partial charge in [-0.3, -0.25) is 10.1 Å². The van der Waals surface area contributed by atoms with E-state index in [-0.39, 0.29) is 17.8 Å². The smallest absolute Gasteiger partial charge is 0.321 e. The lowest BCUT2D eigenvalue weighted by atomic mass is 9.86. The van der Waals surface area contributed by atoms with Crippen molar-refractivity contribution in [2.24, 2.45) is 5.92 Å². The minimum atomic E-state index is -0.776. The van der Waals surface area contributed by atoms with Crippen molar-refractivity contribution in [3.63, 3.8) is 0 Å². The van der Waals surface area contributed by atoms with Crippen LogP contribution < -0.4 is 10.6 Å². The zero-order valence-electron chi connectivity index (χ0n) is 14.2. The number of carbonyl (C=O) groups excluding carboxylic acids is 1. The van der Waals surface area contributed by atoms with Gasteiger partial charge in [0.1, 0.15) is 10.8 Å². The van der Waals surface area contributed by atoms with Crippen molar-refractivity contribution in [2.45, 2.75) is 38.6 Å². The van der Waals surface area contributed by atoms with Gasteiger partial charge in [-0.1, -0.05) is 17.4 Å². The topological polar surface area (TPSA) is 104 Å². The molecule has 1 fully saturated rings. The molecule has 2 aromatic rings. The molecule has 2 amide bonds. The molecule has 1 aliphatic carbocycles. The highest BCUT2D eigenvalue weighted by Crippen LogP contribution is 2.29. The van der Waals surface area contributed by atoms with Gasteiger partial charge >= 0.3 is 12.0 Å². The number of carboxylic acid groups (broad SMARTS) is 1. The Morgan fingerprint density at radius 1 is 1.23 bits per heavy atom. The van der Waals surface area contributed by atoms with Crippen molar-refractivity contribution in [1.29, 1.82) is 0 Å². The summed E-state index contributed by atoms with van der Waals surface area (Å²) in [6.45, 7) is 1.85. The number of rotatable bonds is 4. The van der Waals surface area contributed by atoms with Crippen molar-refractivity contribution in [3.8, 4) is 10.6 Å². The first-order valence-electron chi connectivity index (χ1n) is 8.32. The maximum atomic E-state index is 13.4. The van der Waals surface area contributed by atoms with Gasteiger partial charge in [0.05, 0.1) is 5.92 Å². The number of amides is 2. The number of nitrogens with zero attached hydrogens (tertiary/aromatic N) is 2. The first-order valence-corrected chi connectivity index (χ1v) is 9.14. The van der Waals surface area contributed by atoms with Crippen molar-refractivity contribution in [3.05, 3.63) is 29.6 Å². The molecule has 1 aromatic carbocycles. The molecule has 9 heteroatoms. The van der Waals surface area contributed by atoms with E-state index in [0.29, 0.717) is 41.4 Å². The van der Waals surface area contributed by atoms with Crippen molar-refractivity contribution in [2.75, 3.05) is 5.32 Å². The number of halogens is 1. The molecule has 3 N–H and O–H groups in total. The molecule has 0 atom stereocenters. The zero-order chi connectivity index (χ0) is 18.7. The number of benzene rings is 1. The Hall–Kier alpha value is -2.55. The molecule has 0 saturated heterocycles. The summed E-state index contributed by atoms with van der Waals surface area (Å²) in [4.78, 5) is 23.1. The fourth-order valence-corrected chi connectivity index (χ4v) is 3.83. The van der Waals surface area contributed by atoms with Crippen LogP contribution in [0.15, 0.2) is 18.2 Å². The molecule has 1 saturated carbocycles. The van der Waals surface area contributed by atoms with Gasteiger partial charge < -0.3 is 10.4 Å². The second-order valence-corrected chi connectivity index (χ2v) is 7.33. The molecule has 0 bridgehead atoms. The van der Waals surface area contributed by atoms with Gasteiger partial charge in [-0.05, 0) is 50.3 Å². The number of urea groups is 1. The Bertz CT molecular complexity index is 818. The number of nitrogens with one attached hydrogen (secondary N) is 2. The van der Waals surface area contributed by atoms with E-state index < -0.39 is 12.0 Å². The molecular formula is C17H19FN4O3S. The summed E-state index contributed by atoms with van der Waals surface area (Å²) < 4.78 is 13.4. The lowest BCUT2D eigenvalue weighted by Crippen LogP contribution is -2.40. The molecule has 26 heavy (non-hydrogen) atoms. The van der Waals surface area contributed by atoms with Gasteiger partial charge in [-0.2, -0.15) is 0 Å². The fourth-order valence-electron chi connectivity index (χ4n) is 3.01. The molecule has 0 unspecified atom stereocenters. The standard InChI is InChI=1S/C17H19FN4O3S/c1-9-2-5-11(18)8-13(9)14-21-22-17(26-14)20-16(25)19-12-6-3-10(4-7-12)15(23)24/h2,5,8,10,12H,3-4,6-7H2,1H3,(H,23,24)(H2,19,20,22,25). The Morgan fingerprint density at radius 3 is 2.65 bits per heavy atom. The van der Waals surface area contributed by atoms with Gasteiger partial charge in [-0.15, -0.1) is 10.2 Å². The number of carbonyl (C=O) groups is 2. The number of hydrogen-bond acceptors (Lipinski definition) is 5. The second kappa shape index (κ2) is 7.77. The summed E-state index contributed by atoms with van der Waals surface area (Å²) in [7, 11) is 0. The van der Waals surface area contributed by atoms with E-state index in [1.165, 1.54) is 12.1 Å². The Balaban J connectivity index is 1.57. The molecule has 3 rings (SSSR count). The van der Waals surface area contributed by atoms with Crippen LogP contribution in [0.2, 0.25) is 0 Å². The molecule has 1 aliphatic rings. The minimum absolute atomic E-state index is 0.0524. The molecule has 0 radical (unpaired) electrons.